The maximum Gasteiger partial charge on any atom is 0.261 e. The Hall–Kier alpha value is -1.82. The molecule has 1 aromatic heterocycles. The summed E-state index contributed by atoms with van der Waals surface area (Å²) in [6, 6.07) is 5.64. The van der Waals surface area contributed by atoms with E-state index in [0.29, 0.717) is 11.4 Å². The van der Waals surface area contributed by atoms with Crippen molar-refractivity contribution in [3.8, 4) is 0 Å². The molecule has 0 atom stereocenters. The van der Waals surface area contributed by atoms with Gasteiger partial charge in [0.2, 0.25) is 0 Å². The van der Waals surface area contributed by atoms with E-state index in [0.717, 1.165) is 15.7 Å². The number of hydrogen-bond acceptors (Lipinski definition) is 3. The van der Waals surface area contributed by atoms with Gasteiger partial charge in [0.1, 0.15) is 11.4 Å². The topological polar surface area (TPSA) is 72.9 Å². The number of aromatic nitrogens is 2. The number of benzene rings is 1. The lowest BCUT2D eigenvalue weighted by Gasteiger charge is -2.08. The molecule has 0 radical (unpaired) electrons. The van der Waals surface area contributed by atoms with Crippen molar-refractivity contribution in [2.45, 2.75) is 6.92 Å². The molecular weight excluding hydrogens is 296 g/mol. The van der Waals surface area contributed by atoms with Crippen LogP contribution in [0.1, 0.15) is 15.9 Å². The van der Waals surface area contributed by atoms with Gasteiger partial charge in [-0.15, -0.1) is 0 Å². The molecule has 0 aliphatic rings. The van der Waals surface area contributed by atoms with Crippen LogP contribution in [0, 0.1) is 6.92 Å². The second-order valence-corrected chi connectivity index (χ2v) is 4.90. The fourth-order valence-electron chi connectivity index (χ4n) is 1.58. The standard InChI is InChI=1S/C12H13BrN4O/c1-7-5-8(13)3-4-10(7)16-12(18)9-6-15-17(2)11(9)14/h3-6H,14H2,1-2H3,(H,16,18). The molecule has 2 aromatic rings. The molecule has 0 spiro atoms. The van der Waals surface area contributed by atoms with E-state index in [2.05, 4.69) is 26.3 Å². The highest BCUT2D eigenvalue weighted by molar-refractivity contribution is 9.10. The third-order valence-corrected chi connectivity index (χ3v) is 3.16. The van der Waals surface area contributed by atoms with Crippen LogP contribution in [-0.2, 0) is 7.05 Å². The number of nitrogens with one attached hydrogen (secondary N) is 1. The number of halogens is 1. The smallest absolute Gasteiger partial charge is 0.261 e. The molecule has 0 bridgehead atoms. The predicted octanol–water partition coefficient (Wildman–Crippen LogP) is 2.33. The summed E-state index contributed by atoms with van der Waals surface area (Å²) < 4.78 is 2.43. The van der Waals surface area contributed by atoms with E-state index in [4.69, 9.17) is 5.73 Å². The lowest BCUT2D eigenvalue weighted by atomic mass is 10.2. The summed E-state index contributed by atoms with van der Waals surface area (Å²) in [7, 11) is 1.69. The maximum absolute atomic E-state index is 12.0. The minimum Gasteiger partial charge on any atom is -0.383 e. The highest BCUT2D eigenvalue weighted by Gasteiger charge is 2.14. The van der Waals surface area contributed by atoms with Gasteiger partial charge in [-0.2, -0.15) is 5.10 Å². The van der Waals surface area contributed by atoms with Crippen molar-refractivity contribution in [3.63, 3.8) is 0 Å². The van der Waals surface area contributed by atoms with E-state index in [-0.39, 0.29) is 5.91 Å². The third-order valence-electron chi connectivity index (χ3n) is 2.67. The van der Waals surface area contributed by atoms with Gasteiger partial charge in [0.05, 0.1) is 6.20 Å². The fraction of sp³-hybridized carbons (Fsp3) is 0.167. The molecular formula is C12H13BrN4O. The molecule has 1 aromatic carbocycles. The lowest BCUT2D eigenvalue weighted by molar-refractivity contribution is 0.102. The first-order chi connectivity index (χ1) is 8.49. The number of rotatable bonds is 2. The monoisotopic (exact) mass is 308 g/mol. The molecule has 2 rings (SSSR count). The number of aryl methyl sites for hydroxylation is 2. The Bertz CT molecular complexity index is 606. The quantitative estimate of drug-likeness (QED) is 0.894. The zero-order valence-corrected chi connectivity index (χ0v) is 11.7. The van der Waals surface area contributed by atoms with Crippen LogP contribution >= 0.6 is 15.9 Å². The number of anilines is 2. The summed E-state index contributed by atoms with van der Waals surface area (Å²) in [5.41, 5.74) is 7.85. The van der Waals surface area contributed by atoms with Gasteiger partial charge >= 0.3 is 0 Å². The molecule has 0 fully saturated rings. The van der Waals surface area contributed by atoms with Crippen molar-refractivity contribution < 1.29 is 4.79 Å². The summed E-state index contributed by atoms with van der Waals surface area (Å²) in [6.07, 6.45) is 1.46. The molecule has 0 saturated heterocycles. The van der Waals surface area contributed by atoms with E-state index in [9.17, 15) is 4.79 Å². The second-order valence-electron chi connectivity index (χ2n) is 3.98. The summed E-state index contributed by atoms with van der Waals surface area (Å²) in [6.45, 7) is 1.92. The van der Waals surface area contributed by atoms with Gasteiger partial charge < -0.3 is 11.1 Å². The van der Waals surface area contributed by atoms with Crippen LogP contribution in [0.4, 0.5) is 11.5 Å². The van der Waals surface area contributed by atoms with Crippen LogP contribution in [0.5, 0.6) is 0 Å². The third kappa shape index (κ3) is 2.38. The first kappa shape index (κ1) is 12.6. The van der Waals surface area contributed by atoms with Crippen molar-refractivity contribution >= 4 is 33.3 Å². The molecule has 6 heteroatoms. The molecule has 0 aliphatic heterocycles. The fourth-order valence-corrected chi connectivity index (χ4v) is 2.05. The van der Waals surface area contributed by atoms with Crippen LogP contribution in [0.2, 0.25) is 0 Å². The zero-order chi connectivity index (χ0) is 13.3. The van der Waals surface area contributed by atoms with Crippen molar-refractivity contribution in [2.75, 3.05) is 11.1 Å². The normalized spacial score (nSPS) is 10.4. The Morgan fingerprint density at radius 2 is 2.22 bits per heavy atom. The molecule has 5 nitrogen and oxygen atoms in total. The van der Waals surface area contributed by atoms with Crippen molar-refractivity contribution in [1.29, 1.82) is 0 Å². The van der Waals surface area contributed by atoms with Crippen LogP contribution in [-0.4, -0.2) is 15.7 Å². The largest absolute Gasteiger partial charge is 0.383 e. The Morgan fingerprint density at radius 3 is 2.78 bits per heavy atom. The van der Waals surface area contributed by atoms with Gasteiger partial charge in [0.25, 0.3) is 5.91 Å². The summed E-state index contributed by atoms with van der Waals surface area (Å²) in [4.78, 5) is 12.0. The zero-order valence-electron chi connectivity index (χ0n) is 10.1. The van der Waals surface area contributed by atoms with E-state index in [1.807, 2.05) is 25.1 Å². The van der Waals surface area contributed by atoms with Gasteiger partial charge in [-0.1, -0.05) is 15.9 Å². The van der Waals surface area contributed by atoms with Gasteiger partial charge in [-0.05, 0) is 30.7 Å². The first-order valence-corrected chi connectivity index (χ1v) is 6.13. The minimum atomic E-state index is -0.258. The number of nitrogens with zero attached hydrogens (tertiary/aromatic N) is 2. The molecule has 3 N–H and O–H groups in total. The Balaban J connectivity index is 2.24. The SMILES string of the molecule is Cc1cc(Br)ccc1NC(=O)c1cnn(C)c1N. The van der Waals surface area contributed by atoms with Gasteiger partial charge in [0.15, 0.2) is 0 Å². The number of carbonyl (C=O) groups is 1. The number of nitrogens with two attached hydrogens (primary N) is 1. The van der Waals surface area contributed by atoms with Crippen LogP contribution < -0.4 is 11.1 Å². The van der Waals surface area contributed by atoms with Gasteiger partial charge in [-0.25, -0.2) is 0 Å². The van der Waals surface area contributed by atoms with Gasteiger partial charge in [-0.3, -0.25) is 9.48 Å². The number of amides is 1. The van der Waals surface area contributed by atoms with E-state index in [1.54, 1.807) is 7.05 Å². The number of nitrogen functional groups attached to an aromatic ring is 1. The summed E-state index contributed by atoms with van der Waals surface area (Å²) in [5.74, 6) is 0.0910. The molecule has 0 unspecified atom stereocenters. The predicted molar refractivity (Wildman–Crippen MR) is 74.5 cm³/mol. The van der Waals surface area contributed by atoms with Crippen LogP contribution in [0.15, 0.2) is 28.9 Å². The average molecular weight is 309 g/mol. The van der Waals surface area contributed by atoms with Crippen LogP contribution in [0.3, 0.4) is 0 Å². The molecule has 0 aliphatic carbocycles. The highest BCUT2D eigenvalue weighted by Crippen LogP contribution is 2.21. The lowest BCUT2D eigenvalue weighted by Crippen LogP contribution is -2.14. The number of hydrogen-bond donors (Lipinski definition) is 2. The molecule has 1 amide bonds. The number of carbonyl (C=O) groups excluding carboxylic acids is 1. The highest BCUT2D eigenvalue weighted by atomic mass is 79.9. The minimum absolute atomic E-state index is 0.258. The molecule has 18 heavy (non-hydrogen) atoms. The summed E-state index contributed by atoms with van der Waals surface area (Å²) in [5, 5.41) is 6.75. The van der Waals surface area contributed by atoms with Crippen molar-refractivity contribution in [1.82, 2.24) is 9.78 Å². The van der Waals surface area contributed by atoms with Crippen LogP contribution in [0.25, 0.3) is 0 Å². The summed E-state index contributed by atoms with van der Waals surface area (Å²) >= 11 is 3.38. The van der Waals surface area contributed by atoms with Gasteiger partial charge in [0, 0.05) is 17.2 Å². The van der Waals surface area contributed by atoms with E-state index in [1.165, 1.54) is 10.9 Å². The van der Waals surface area contributed by atoms with Crippen molar-refractivity contribution in [2.24, 2.45) is 7.05 Å². The molecule has 94 valence electrons. The van der Waals surface area contributed by atoms with E-state index < -0.39 is 0 Å². The average Bonchev–Trinajstić information content (AvgIpc) is 2.64. The Kier molecular flexibility index (Phi) is 3.38. The Morgan fingerprint density at radius 1 is 1.50 bits per heavy atom. The Labute approximate surface area is 113 Å². The van der Waals surface area contributed by atoms with E-state index >= 15 is 0 Å². The second kappa shape index (κ2) is 4.81. The first-order valence-electron chi connectivity index (χ1n) is 5.34. The molecule has 0 saturated carbocycles. The maximum atomic E-state index is 12.0. The molecule has 1 heterocycles. The van der Waals surface area contributed by atoms with Crippen molar-refractivity contribution in [3.05, 3.63) is 40.0 Å².